The lowest BCUT2D eigenvalue weighted by Gasteiger charge is -2.38. The summed E-state index contributed by atoms with van der Waals surface area (Å²) >= 11 is 0. The number of aliphatic carboxylic acids is 1. The van der Waals surface area contributed by atoms with E-state index in [1.165, 1.54) is 0 Å². The average Bonchev–Trinajstić information content (AvgIpc) is 2.24. The second kappa shape index (κ2) is 5.11. The highest BCUT2D eigenvalue weighted by Gasteiger charge is 2.33. The highest BCUT2D eigenvalue weighted by atomic mass is 16.5. The van der Waals surface area contributed by atoms with Crippen molar-refractivity contribution in [3.63, 3.8) is 0 Å². The molecule has 0 bridgehead atoms. The van der Waals surface area contributed by atoms with Crippen LogP contribution < -0.4 is 5.32 Å². The Morgan fingerprint density at radius 3 is 2.61 bits per heavy atom. The highest BCUT2D eigenvalue weighted by Crippen LogP contribution is 2.16. The monoisotopic (exact) mass is 260 g/mol. The third kappa shape index (κ3) is 3.85. The minimum Gasteiger partial charge on any atom is -0.479 e. The molecular formula is C11H20N2O5. The predicted molar refractivity (Wildman–Crippen MR) is 63.3 cm³/mol. The van der Waals surface area contributed by atoms with Crippen LogP contribution in [0.4, 0.5) is 4.79 Å². The van der Waals surface area contributed by atoms with E-state index in [0.717, 1.165) is 6.92 Å². The Morgan fingerprint density at radius 2 is 2.11 bits per heavy atom. The first-order valence-electron chi connectivity index (χ1n) is 5.76. The van der Waals surface area contributed by atoms with Gasteiger partial charge in [-0.25, -0.2) is 9.59 Å². The molecule has 1 fully saturated rings. The van der Waals surface area contributed by atoms with Crippen LogP contribution in [0.25, 0.3) is 0 Å². The van der Waals surface area contributed by atoms with Crippen LogP contribution in [0.5, 0.6) is 0 Å². The molecule has 1 unspecified atom stereocenters. The first kappa shape index (κ1) is 14.7. The van der Waals surface area contributed by atoms with Gasteiger partial charge in [-0.15, -0.1) is 0 Å². The lowest BCUT2D eigenvalue weighted by molar-refractivity contribution is -0.155. The molecule has 0 aliphatic carbocycles. The van der Waals surface area contributed by atoms with Crippen molar-refractivity contribution in [3.05, 3.63) is 0 Å². The molecule has 0 aromatic carbocycles. The van der Waals surface area contributed by atoms with Crippen LogP contribution in [0.15, 0.2) is 0 Å². The van der Waals surface area contributed by atoms with Crippen molar-refractivity contribution in [2.75, 3.05) is 26.2 Å². The van der Waals surface area contributed by atoms with E-state index in [0.29, 0.717) is 19.7 Å². The van der Waals surface area contributed by atoms with Gasteiger partial charge in [0.1, 0.15) is 0 Å². The van der Waals surface area contributed by atoms with Gasteiger partial charge in [0.25, 0.3) is 0 Å². The number of hydrogen-bond donors (Lipinski definition) is 3. The number of nitrogens with zero attached hydrogens (tertiary/aromatic N) is 1. The van der Waals surface area contributed by atoms with Crippen molar-refractivity contribution >= 4 is 12.0 Å². The van der Waals surface area contributed by atoms with E-state index in [2.05, 4.69) is 5.32 Å². The number of urea groups is 1. The molecule has 7 nitrogen and oxygen atoms in total. The summed E-state index contributed by atoms with van der Waals surface area (Å²) in [6.07, 6.45) is 0. The van der Waals surface area contributed by atoms with Gasteiger partial charge in [0.2, 0.25) is 0 Å². The van der Waals surface area contributed by atoms with Crippen molar-refractivity contribution in [3.8, 4) is 0 Å². The molecule has 104 valence electrons. The molecule has 0 spiro atoms. The van der Waals surface area contributed by atoms with Crippen molar-refractivity contribution in [2.24, 2.45) is 0 Å². The molecule has 1 aliphatic heterocycles. The van der Waals surface area contributed by atoms with Crippen molar-refractivity contribution in [2.45, 2.75) is 32.0 Å². The summed E-state index contributed by atoms with van der Waals surface area (Å²) in [4.78, 5) is 24.0. The number of carboxylic acids is 1. The number of carbonyl (C=O) groups excluding carboxylic acids is 1. The summed E-state index contributed by atoms with van der Waals surface area (Å²) in [5.41, 5.74) is -2.37. The maximum absolute atomic E-state index is 11.8. The first-order valence-corrected chi connectivity index (χ1v) is 5.76. The number of nitrogens with one attached hydrogen (secondary N) is 1. The summed E-state index contributed by atoms with van der Waals surface area (Å²) in [5, 5.41) is 20.6. The molecule has 0 radical (unpaired) electrons. The van der Waals surface area contributed by atoms with Crippen LogP contribution in [0.2, 0.25) is 0 Å². The number of morpholine rings is 1. The minimum atomic E-state index is -1.96. The lowest BCUT2D eigenvalue weighted by atomic mass is 10.1. The van der Waals surface area contributed by atoms with Crippen LogP contribution in [-0.2, 0) is 9.53 Å². The molecule has 0 aromatic heterocycles. The molecule has 2 amide bonds. The second-order valence-electron chi connectivity index (χ2n) is 5.27. The predicted octanol–water partition coefficient (Wildman–Crippen LogP) is -0.358. The van der Waals surface area contributed by atoms with Gasteiger partial charge in [0.05, 0.1) is 25.3 Å². The zero-order valence-corrected chi connectivity index (χ0v) is 10.9. The van der Waals surface area contributed by atoms with E-state index in [1.807, 2.05) is 13.8 Å². The fourth-order valence-electron chi connectivity index (χ4n) is 1.62. The SMILES string of the molecule is CC1(C)CN(C(=O)NCC(C)(O)C(=O)O)CCO1. The summed E-state index contributed by atoms with van der Waals surface area (Å²) in [7, 11) is 0. The molecule has 7 heteroatoms. The number of hydrogen-bond acceptors (Lipinski definition) is 4. The Kier molecular flexibility index (Phi) is 4.18. The van der Waals surface area contributed by atoms with Gasteiger partial charge >= 0.3 is 12.0 Å². The van der Waals surface area contributed by atoms with Gasteiger partial charge in [-0.2, -0.15) is 0 Å². The fraction of sp³-hybridized carbons (Fsp3) is 0.818. The van der Waals surface area contributed by atoms with Gasteiger partial charge in [-0.3, -0.25) is 0 Å². The van der Waals surface area contributed by atoms with E-state index in [-0.39, 0.29) is 6.54 Å². The molecule has 1 rings (SSSR count). The molecule has 18 heavy (non-hydrogen) atoms. The Hall–Kier alpha value is -1.34. The quantitative estimate of drug-likeness (QED) is 0.643. The van der Waals surface area contributed by atoms with Crippen molar-refractivity contribution in [1.29, 1.82) is 0 Å². The third-order valence-electron chi connectivity index (χ3n) is 2.76. The molecule has 0 aromatic rings. The second-order valence-corrected chi connectivity index (χ2v) is 5.27. The van der Waals surface area contributed by atoms with Crippen LogP contribution in [0.1, 0.15) is 20.8 Å². The Labute approximate surface area is 106 Å². The van der Waals surface area contributed by atoms with E-state index in [9.17, 15) is 14.7 Å². The Morgan fingerprint density at radius 1 is 1.50 bits per heavy atom. The van der Waals surface area contributed by atoms with Gasteiger partial charge in [-0.1, -0.05) is 0 Å². The van der Waals surface area contributed by atoms with Gasteiger partial charge in [0.15, 0.2) is 5.60 Å². The molecule has 1 aliphatic rings. The van der Waals surface area contributed by atoms with Crippen LogP contribution in [-0.4, -0.2) is 64.6 Å². The Balaban J connectivity index is 2.49. The third-order valence-corrected chi connectivity index (χ3v) is 2.76. The molecule has 1 atom stereocenters. The molecule has 1 heterocycles. The lowest BCUT2D eigenvalue weighted by Crippen LogP contribution is -2.56. The molecule has 0 saturated carbocycles. The highest BCUT2D eigenvalue weighted by molar-refractivity contribution is 5.79. The number of amides is 2. The first-order chi connectivity index (χ1) is 8.14. The summed E-state index contributed by atoms with van der Waals surface area (Å²) in [6, 6.07) is -0.395. The van der Waals surface area contributed by atoms with E-state index < -0.39 is 23.2 Å². The van der Waals surface area contributed by atoms with Gasteiger partial charge in [0, 0.05) is 6.54 Å². The van der Waals surface area contributed by atoms with E-state index in [4.69, 9.17) is 9.84 Å². The zero-order chi connectivity index (χ0) is 14.0. The van der Waals surface area contributed by atoms with Crippen LogP contribution in [0, 0.1) is 0 Å². The summed E-state index contributed by atoms with van der Waals surface area (Å²) in [6.45, 7) is 5.87. The molecular weight excluding hydrogens is 240 g/mol. The normalized spacial score (nSPS) is 22.1. The topological polar surface area (TPSA) is 99.1 Å². The number of ether oxygens (including phenoxy) is 1. The number of aliphatic hydroxyl groups is 1. The molecule has 3 N–H and O–H groups in total. The zero-order valence-electron chi connectivity index (χ0n) is 10.9. The molecule has 1 saturated heterocycles. The number of carboxylic acid groups (broad SMARTS) is 1. The summed E-state index contributed by atoms with van der Waals surface area (Å²) in [5.74, 6) is -1.37. The van der Waals surface area contributed by atoms with Crippen molar-refractivity contribution in [1.82, 2.24) is 10.2 Å². The summed E-state index contributed by atoms with van der Waals surface area (Å²) < 4.78 is 5.46. The number of rotatable bonds is 3. The maximum Gasteiger partial charge on any atom is 0.337 e. The van der Waals surface area contributed by atoms with Gasteiger partial charge < -0.3 is 25.2 Å². The average molecular weight is 260 g/mol. The largest absolute Gasteiger partial charge is 0.479 e. The number of carbonyl (C=O) groups is 2. The van der Waals surface area contributed by atoms with E-state index >= 15 is 0 Å². The Bertz CT molecular complexity index is 340. The van der Waals surface area contributed by atoms with Crippen LogP contribution >= 0.6 is 0 Å². The fourth-order valence-corrected chi connectivity index (χ4v) is 1.62. The smallest absolute Gasteiger partial charge is 0.337 e. The van der Waals surface area contributed by atoms with E-state index in [1.54, 1.807) is 4.90 Å². The minimum absolute atomic E-state index is 0.334. The standard InChI is InChI=1S/C11H20N2O5/c1-10(2)7-13(4-5-18-10)9(16)12-6-11(3,17)8(14)15/h17H,4-7H2,1-3H3,(H,12,16)(H,14,15). The van der Waals surface area contributed by atoms with Gasteiger partial charge in [-0.05, 0) is 20.8 Å². The maximum atomic E-state index is 11.8. The van der Waals surface area contributed by atoms with Crippen molar-refractivity contribution < 1.29 is 24.5 Å². The van der Waals surface area contributed by atoms with Crippen LogP contribution in [0.3, 0.4) is 0 Å².